The minimum Gasteiger partial charge on any atom is -0.378 e. The second kappa shape index (κ2) is 4.89. The molecule has 0 saturated heterocycles. The first-order chi connectivity index (χ1) is 6.69. The van der Waals surface area contributed by atoms with Crippen molar-refractivity contribution in [1.82, 2.24) is 0 Å². The molecule has 0 radical (unpaired) electrons. The topological polar surface area (TPSA) is 6.48 Å². The van der Waals surface area contributed by atoms with Crippen LogP contribution in [0.15, 0.2) is 24.3 Å². The Morgan fingerprint density at radius 2 is 1.29 bits per heavy atom. The first-order valence-electron chi connectivity index (χ1n) is 5.21. The summed E-state index contributed by atoms with van der Waals surface area (Å²) < 4.78 is 0. The highest BCUT2D eigenvalue weighted by Gasteiger charge is 2.01. The molecule has 2 nitrogen and oxygen atoms in total. The van der Waals surface area contributed by atoms with Gasteiger partial charge >= 0.3 is 0 Å². The summed E-state index contributed by atoms with van der Waals surface area (Å²) in [4.78, 5) is 4.46. The summed E-state index contributed by atoms with van der Waals surface area (Å²) in [5, 5.41) is 0. The summed E-state index contributed by atoms with van der Waals surface area (Å²) in [6, 6.07) is 8.69. The van der Waals surface area contributed by atoms with Gasteiger partial charge in [0.05, 0.1) is 0 Å². The van der Waals surface area contributed by atoms with Crippen LogP contribution in [-0.4, -0.2) is 27.2 Å². The molecule has 0 fully saturated rings. The van der Waals surface area contributed by atoms with Crippen molar-refractivity contribution in [3.63, 3.8) is 0 Å². The van der Waals surface area contributed by atoms with Crippen molar-refractivity contribution in [3.05, 3.63) is 24.3 Å². The lowest BCUT2D eigenvalue weighted by atomic mass is 10.2. The third kappa shape index (κ3) is 2.41. The Hall–Kier alpha value is -1.18. The van der Waals surface area contributed by atoms with E-state index < -0.39 is 0 Å². The molecule has 0 heterocycles. The van der Waals surface area contributed by atoms with Crippen molar-refractivity contribution < 1.29 is 0 Å². The van der Waals surface area contributed by atoms with Crippen LogP contribution < -0.4 is 9.80 Å². The molecule has 0 amide bonds. The van der Waals surface area contributed by atoms with Gasteiger partial charge in [-0.3, -0.25) is 0 Å². The SMILES string of the molecule is CCN(CC)c1ccc(N(C)C)cc1. The zero-order valence-electron chi connectivity index (χ0n) is 9.62. The van der Waals surface area contributed by atoms with Crippen molar-refractivity contribution in [1.29, 1.82) is 0 Å². The van der Waals surface area contributed by atoms with Gasteiger partial charge in [0.2, 0.25) is 0 Å². The quantitative estimate of drug-likeness (QED) is 0.723. The molecule has 0 spiro atoms. The van der Waals surface area contributed by atoms with E-state index in [9.17, 15) is 0 Å². The van der Waals surface area contributed by atoms with Gasteiger partial charge in [0, 0.05) is 38.6 Å². The van der Waals surface area contributed by atoms with Crippen molar-refractivity contribution in [2.45, 2.75) is 13.8 Å². The fraction of sp³-hybridized carbons (Fsp3) is 0.500. The van der Waals surface area contributed by atoms with Gasteiger partial charge in [0.15, 0.2) is 0 Å². The number of anilines is 2. The Bertz CT molecular complexity index is 260. The summed E-state index contributed by atoms with van der Waals surface area (Å²) in [6.45, 7) is 6.50. The van der Waals surface area contributed by atoms with E-state index in [0.717, 1.165) is 13.1 Å². The van der Waals surface area contributed by atoms with E-state index in [1.54, 1.807) is 0 Å². The second-order valence-corrected chi connectivity index (χ2v) is 3.58. The van der Waals surface area contributed by atoms with Crippen LogP contribution in [0.5, 0.6) is 0 Å². The van der Waals surface area contributed by atoms with Gasteiger partial charge < -0.3 is 9.80 Å². The molecule has 0 unspecified atom stereocenters. The molecule has 1 rings (SSSR count). The maximum absolute atomic E-state index is 2.35. The first kappa shape index (κ1) is 10.9. The zero-order valence-corrected chi connectivity index (χ0v) is 9.62. The van der Waals surface area contributed by atoms with E-state index in [4.69, 9.17) is 0 Å². The third-order valence-corrected chi connectivity index (χ3v) is 2.49. The molecule has 2 heteroatoms. The molecule has 0 saturated carbocycles. The maximum atomic E-state index is 2.35. The van der Waals surface area contributed by atoms with E-state index in [-0.39, 0.29) is 0 Å². The summed E-state index contributed by atoms with van der Waals surface area (Å²) in [6.07, 6.45) is 0. The molecular formula is C12H20N2. The third-order valence-electron chi connectivity index (χ3n) is 2.49. The lowest BCUT2D eigenvalue weighted by molar-refractivity contribution is 0.866. The van der Waals surface area contributed by atoms with Crippen LogP contribution in [0.25, 0.3) is 0 Å². The minimum atomic E-state index is 1.07. The number of rotatable bonds is 4. The molecule has 0 N–H and O–H groups in total. The number of hydrogen-bond acceptors (Lipinski definition) is 2. The average molecular weight is 192 g/mol. The van der Waals surface area contributed by atoms with Crippen LogP contribution in [0, 0.1) is 0 Å². The van der Waals surface area contributed by atoms with E-state index in [1.165, 1.54) is 11.4 Å². The van der Waals surface area contributed by atoms with Crippen molar-refractivity contribution in [2.75, 3.05) is 37.0 Å². The van der Waals surface area contributed by atoms with Crippen molar-refractivity contribution in [2.24, 2.45) is 0 Å². The minimum absolute atomic E-state index is 1.07. The molecule has 0 aliphatic rings. The van der Waals surface area contributed by atoms with Crippen LogP contribution in [0.2, 0.25) is 0 Å². The van der Waals surface area contributed by atoms with E-state index in [1.807, 2.05) is 0 Å². The normalized spacial score (nSPS) is 10.0. The fourth-order valence-electron chi connectivity index (χ4n) is 1.55. The predicted molar refractivity (Wildman–Crippen MR) is 64.3 cm³/mol. The molecule has 78 valence electrons. The van der Waals surface area contributed by atoms with Gasteiger partial charge in [-0.1, -0.05) is 0 Å². The standard InChI is InChI=1S/C12H20N2/c1-5-14(6-2)12-9-7-11(8-10-12)13(3)4/h7-10H,5-6H2,1-4H3. The van der Waals surface area contributed by atoms with Gasteiger partial charge in [0.25, 0.3) is 0 Å². The second-order valence-electron chi connectivity index (χ2n) is 3.58. The Labute approximate surface area is 87.1 Å². The molecule has 0 atom stereocenters. The van der Waals surface area contributed by atoms with E-state index >= 15 is 0 Å². The maximum Gasteiger partial charge on any atom is 0.0367 e. The molecule has 0 aromatic heterocycles. The smallest absolute Gasteiger partial charge is 0.0367 e. The molecule has 1 aromatic carbocycles. The van der Waals surface area contributed by atoms with Gasteiger partial charge in [-0.2, -0.15) is 0 Å². The molecule has 0 aliphatic heterocycles. The van der Waals surface area contributed by atoms with Crippen LogP contribution in [-0.2, 0) is 0 Å². The zero-order chi connectivity index (χ0) is 10.6. The molecule has 0 aliphatic carbocycles. The average Bonchev–Trinajstić information content (AvgIpc) is 2.20. The van der Waals surface area contributed by atoms with Gasteiger partial charge in [0.1, 0.15) is 0 Å². The van der Waals surface area contributed by atoms with Crippen molar-refractivity contribution >= 4 is 11.4 Å². The van der Waals surface area contributed by atoms with Crippen LogP contribution in [0.1, 0.15) is 13.8 Å². The summed E-state index contributed by atoms with van der Waals surface area (Å²) >= 11 is 0. The van der Waals surface area contributed by atoms with Crippen LogP contribution >= 0.6 is 0 Å². The van der Waals surface area contributed by atoms with Crippen molar-refractivity contribution in [3.8, 4) is 0 Å². The van der Waals surface area contributed by atoms with E-state index in [0.29, 0.717) is 0 Å². The highest BCUT2D eigenvalue weighted by atomic mass is 15.1. The predicted octanol–water partition coefficient (Wildman–Crippen LogP) is 2.60. The number of benzene rings is 1. The van der Waals surface area contributed by atoms with Gasteiger partial charge in [-0.15, -0.1) is 0 Å². The summed E-state index contributed by atoms with van der Waals surface area (Å²) in [5.74, 6) is 0. The van der Waals surface area contributed by atoms with Gasteiger partial charge in [-0.05, 0) is 38.1 Å². The lowest BCUT2D eigenvalue weighted by Crippen LogP contribution is -2.21. The highest BCUT2D eigenvalue weighted by Crippen LogP contribution is 2.18. The summed E-state index contributed by atoms with van der Waals surface area (Å²) in [7, 11) is 4.12. The molecule has 14 heavy (non-hydrogen) atoms. The van der Waals surface area contributed by atoms with Crippen LogP contribution in [0.4, 0.5) is 11.4 Å². The lowest BCUT2D eigenvalue weighted by Gasteiger charge is -2.22. The Morgan fingerprint density at radius 3 is 1.64 bits per heavy atom. The number of hydrogen-bond donors (Lipinski definition) is 0. The highest BCUT2D eigenvalue weighted by molar-refractivity contribution is 5.55. The van der Waals surface area contributed by atoms with Gasteiger partial charge in [-0.25, -0.2) is 0 Å². The molecular weight excluding hydrogens is 172 g/mol. The number of nitrogens with zero attached hydrogens (tertiary/aromatic N) is 2. The molecule has 0 bridgehead atoms. The molecule has 1 aromatic rings. The fourth-order valence-corrected chi connectivity index (χ4v) is 1.55. The first-order valence-corrected chi connectivity index (χ1v) is 5.21. The monoisotopic (exact) mass is 192 g/mol. The largest absolute Gasteiger partial charge is 0.378 e. The Kier molecular flexibility index (Phi) is 3.81. The summed E-state index contributed by atoms with van der Waals surface area (Å²) in [5.41, 5.74) is 2.56. The Balaban J connectivity index is 2.81. The Morgan fingerprint density at radius 1 is 0.857 bits per heavy atom. The van der Waals surface area contributed by atoms with Crippen LogP contribution in [0.3, 0.4) is 0 Å². The van der Waals surface area contributed by atoms with E-state index in [2.05, 4.69) is 62.0 Å².